The molecule has 2 N–H and O–H groups in total. The van der Waals surface area contributed by atoms with E-state index in [9.17, 15) is 13.2 Å². The Hall–Kier alpha value is -2.85. The number of anilines is 2. The average Bonchev–Trinajstić information content (AvgIpc) is 3.42. The number of piperidine rings is 1. The summed E-state index contributed by atoms with van der Waals surface area (Å²) in [6.45, 7) is 7.50. The van der Waals surface area contributed by atoms with E-state index in [4.69, 9.17) is 23.2 Å². The van der Waals surface area contributed by atoms with Gasteiger partial charge in [-0.2, -0.15) is 0 Å². The van der Waals surface area contributed by atoms with Crippen LogP contribution in [0.25, 0.3) is 0 Å². The number of benzene rings is 2. The second-order valence-electron chi connectivity index (χ2n) is 10.6. The van der Waals surface area contributed by atoms with Gasteiger partial charge in [0.25, 0.3) is 15.9 Å². The molecule has 3 aromatic rings. The average molecular weight is 603 g/mol. The summed E-state index contributed by atoms with van der Waals surface area (Å²) in [5, 5.41) is 3.91. The van der Waals surface area contributed by atoms with E-state index in [1.54, 1.807) is 18.3 Å². The Morgan fingerprint density at radius 2 is 1.73 bits per heavy atom. The topological polar surface area (TPSA) is 94.6 Å². The first-order valence-electron chi connectivity index (χ1n) is 13.4. The number of pyridine rings is 1. The normalized spacial score (nSPS) is 18.6. The van der Waals surface area contributed by atoms with Crippen molar-refractivity contribution in [2.24, 2.45) is 0 Å². The largest absolute Gasteiger partial charge is 0.355 e. The molecule has 3 heterocycles. The number of aryl methyl sites for hydroxylation is 2. The van der Waals surface area contributed by atoms with Crippen molar-refractivity contribution >= 4 is 50.6 Å². The first-order valence-corrected chi connectivity index (χ1v) is 15.6. The van der Waals surface area contributed by atoms with Gasteiger partial charge in [-0.15, -0.1) is 0 Å². The molecule has 40 heavy (non-hydrogen) atoms. The van der Waals surface area contributed by atoms with Crippen LogP contribution in [0.5, 0.6) is 0 Å². The predicted molar refractivity (Wildman–Crippen MR) is 160 cm³/mol. The van der Waals surface area contributed by atoms with Crippen LogP contribution in [0.1, 0.15) is 40.7 Å². The van der Waals surface area contributed by atoms with Crippen LogP contribution in [0.4, 0.5) is 11.5 Å². The third-order valence-corrected chi connectivity index (χ3v) is 9.76. The highest BCUT2D eigenvalue weighted by Crippen LogP contribution is 2.26. The fourth-order valence-electron chi connectivity index (χ4n) is 5.34. The predicted octanol–water partition coefficient (Wildman–Crippen LogP) is 5.28. The number of sulfonamides is 1. The molecule has 11 heteroatoms. The smallest absolute Gasteiger partial charge is 0.261 e. The molecular formula is C29H33Cl2N5O3S. The summed E-state index contributed by atoms with van der Waals surface area (Å²) >= 11 is 12.3. The second kappa shape index (κ2) is 11.9. The zero-order valence-corrected chi connectivity index (χ0v) is 24.9. The number of hydrogen-bond acceptors (Lipinski definition) is 6. The molecule has 0 saturated carbocycles. The van der Waals surface area contributed by atoms with Gasteiger partial charge in [-0.05, 0) is 86.7 Å². The van der Waals surface area contributed by atoms with Crippen LogP contribution >= 0.6 is 23.2 Å². The zero-order valence-electron chi connectivity index (χ0n) is 22.5. The van der Waals surface area contributed by atoms with Gasteiger partial charge < -0.3 is 10.2 Å². The number of nitrogens with zero attached hydrogens (tertiary/aromatic N) is 3. The highest BCUT2D eigenvalue weighted by atomic mass is 35.5. The minimum Gasteiger partial charge on any atom is -0.355 e. The van der Waals surface area contributed by atoms with Gasteiger partial charge >= 0.3 is 0 Å². The lowest BCUT2D eigenvalue weighted by Gasteiger charge is -2.36. The number of hydrogen-bond donors (Lipinski definition) is 2. The van der Waals surface area contributed by atoms with E-state index in [0.29, 0.717) is 16.8 Å². The van der Waals surface area contributed by atoms with Crippen LogP contribution in [0.15, 0.2) is 59.6 Å². The van der Waals surface area contributed by atoms with E-state index in [1.807, 2.05) is 32.0 Å². The minimum absolute atomic E-state index is 0.0100. The van der Waals surface area contributed by atoms with Crippen molar-refractivity contribution < 1.29 is 13.2 Å². The number of halogens is 2. The summed E-state index contributed by atoms with van der Waals surface area (Å²) < 4.78 is 28.7. The molecule has 1 unspecified atom stereocenters. The van der Waals surface area contributed by atoms with Gasteiger partial charge in [-0.1, -0.05) is 29.3 Å². The molecule has 0 bridgehead atoms. The van der Waals surface area contributed by atoms with Gasteiger partial charge in [0.05, 0.1) is 20.5 Å². The maximum absolute atomic E-state index is 13.2. The Bertz CT molecular complexity index is 1490. The zero-order chi connectivity index (χ0) is 28.4. The van der Waals surface area contributed by atoms with Crippen molar-refractivity contribution in [1.82, 2.24) is 15.2 Å². The molecule has 8 nitrogen and oxygen atoms in total. The third-order valence-electron chi connectivity index (χ3n) is 7.83. The van der Waals surface area contributed by atoms with E-state index < -0.39 is 10.0 Å². The molecule has 212 valence electrons. The van der Waals surface area contributed by atoms with Crippen LogP contribution < -0.4 is 14.9 Å². The Labute approximate surface area is 245 Å². The number of rotatable bonds is 7. The first-order chi connectivity index (χ1) is 19.1. The maximum Gasteiger partial charge on any atom is 0.261 e. The number of likely N-dealkylation sites (tertiary alicyclic amines) is 1. The Balaban J connectivity index is 1.17. The lowest BCUT2D eigenvalue weighted by Crippen LogP contribution is -2.48. The van der Waals surface area contributed by atoms with Crippen molar-refractivity contribution in [2.75, 3.05) is 35.8 Å². The Kier molecular flexibility index (Phi) is 8.56. The molecule has 1 aromatic heterocycles. The van der Waals surface area contributed by atoms with E-state index in [0.717, 1.165) is 62.4 Å². The summed E-state index contributed by atoms with van der Waals surface area (Å²) in [6, 6.07) is 13.8. The molecule has 1 atom stereocenters. The molecule has 5 rings (SSSR count). The van der Waals surface area contributed by atoms with Gasteiger partial charge in [-0.3, -0.25) is 14.4 Å². The van der Waals surface area contributed by atoms with E-state index in [1.165, 1.54) is 18.2 Å². The summed E-state index contributed by atoms with van der Waals surface area (Å²) in [5.74, 6) is 0.576. The molecule has 1 amide bonds. The maximum atomic E-state index is 13.2. The fourth-order valence-corrected chi connectivity index (χ4v) is 6.73. The molecule has 2 aliphatic rings. The Morgan fingerprint density at radius 1 is 0.950 bits per heavy atom. The van der Waals surface area contributed by atoms with Crippen LogP contribution in [-0.4, -0.2) is 62.5 Å². The fraction of sp³-hybridized carbons (Fsp3) is 0.379. The standard InChI is InChI=1S/C29H33Cl2N5O3S/c1-19-3-5-23(15-20(19)2)34-40(38,39)25-6-7-27(31)26(16-25)29(37)33-22-9-12-35(13-10-22)24-11-14-36(18-24)28-8-4-21(30)17-32-28/h3-8,15-17,22,24,34H,9-14,18H2,1-2H3,(H,33,37). The number of carbonyl (C=O) groups is 1. The van der Waals surface area contributed by atoms with Crippen LogP contribution in [0.3, 0.4) is 0 Å². The van der Waals surface area contributed by atoms with Gasteiger partial charge in [0, 0.05) is 50.1 Å². The number of amides is 1. The highest BCUT2D eigenvalue weighted by molar-refractivity contribution is 7.92. The van der Waals surface area contributed by atoms with Gasteiger partial charge in [-0.25, -0.2) is 13.4 Å². The van der Waals surface area contributed by atoms with Crippen molar-refractivity contribution in [3.8, 4) is 0 Å². The number of carbonyl (C=O) groups excluding carboxylic acids is 1. The second-order valence-corrected chi connectivity index (χ2v) is 13.1. The number of nitrogens with one attached hydrogen (secondary N) is 2. The Morgan fingerprint density at radius 3 is 2.42 bits per heavy atom. The third kappa shape index (κ3) is 6.54. The summed E-state index contributed by atoms with van der Waals surface area (Å²) in [6.07, 6.45) is 4.36. The van der Waals surface area contributed by atoms with Crippen molar-refractivity contribution in [2.45, 2.75) is 50.1 Å². The van der Waals surface area contributed by atoms with Crippen LogP contribution in [0, 0.1) is 13.8 Å². The molecule has 0 spiro atoms. The van der Waals surface area contributed by atoms with E-state index >= 15 is 0 Å². The van der Waals surface area contributed by atoms with Crippen molar-refractivity contribution in [3.63, 3.8) is 0 Å². The summed E-state index contributed by atoms with van der Waals surface area (Å²) in [5.41, 5.74) is 2.66. The van der Waals surface area contributed by atoms with E-state index in [-0.39, 0.29) is 27.4 Å². The molecule has 2 saturated heterocycles. The van der Waals surface area contributed by atoms with Crippen molar-refractivity contribution in [1.29, 1.82) is 0 Å². The van der Waals surface area contributed by atoms with Crippen molar-refractivity contribution in [3.05, 3.63) is 81.5 Å². The molecule has 2 aromatic carbocycles. The van der Waals surface area contributed by atoms with Gasteiger partial charge in [0.2, 0.25) is 0 Å². The minimum atomic E-state index is -3.90. The number of aromatic nitrogens is 1. The van der Waals surface area contributed by atoms with Crippen LogP contribution in [0.2, 0.25) is 10.0 Å². The summed E-state index contributed by atoms with van der Waals surface area (Å²) in [4.78, 5) is 22.4. The highest BCUT2D eigenvalue weighted by Gasteiger charge is 2.32. The lowest BCUT2D eigenvalue weighted by molar-refractivity contribution is 0.0896. The first kappa shape index (κ1) is 28.7. The lowest BCUT2D eigenvalue weighted by atomic mass is 10.0. The SMILES string of the molecule is Cc1ccc(NS(=O)(=O)c2ccc(Cl)c(C(=O)NC3CCN(C4CCN(c5ccc(Cl)cn5)C4)CC3)c2)cc1C. The van der Waals surface area contributed by atoms with E-state index in [2.05, 4.69) is 24.8 Å². The monoisotopic (exact) mass is 601 g/mol. The molecule has 2 fully saturated rings. The van der Waals surface area contributed by atoms with Gasteiger partial charge in [0.15, 0.2) is 0 Å². The van der Waals surface area contributed by atoms with Crippen LogP contribution in [-0.2, 0) is 10.0 Å². The molecule has 2 aliphatic heterocycles. The quantitative estimate of drug-likeness (QED) is 0.382. The molecular weight excluding hydrogens is 569 g/mol. The molecule has 0 aliphatic carbocycles. The molecule has 0 radical (unpaired) electrons. The summed E-state index contributed by atoms with van der Waals surface area (Å²) in [7, 11) is -3.90. The van der Waals surface area contributed by atoms with Gasteiger partial charge in [0.1, 0.15) is 5.82 Å².